The Morgan fingerprint density at radius 2 is 1.58 bits per heavy atom. The molecule has 0 radical (unpaired) electrons. The zero-order valence-corrected chi connectivity index (χ0v) is 15.5. The minimum atomic E-state index is 0.0755. The summed E-state index contributed by atoms with van der Waals surface area (Å²) in [6.45, 7) is 2.57. The highest BCUT2D eigenvalue weighted by atomic mass is 16.2. The minimum absolute atomic E-state index is 0.0755. The van der Waals surface area contributed by atoms with E-state index in [9.17, 15) is 9.59 Å². The molecule has 0 unspecified atom stereocenters. The van der Waals surface area contributed by atoms with Gasteiger partial charge in [-0.15, -0.1) is 0 Å². The van der Waals surface area contributed by atoms with Gasteiger partial charge < -0.3 is 14.4 Å². The highest BCUT2D eigenvalue weighted by Gasteiger charge is 2.30. The van der Waals surface area contributed by atoms with E-state index in [0.29, 0.717) is 32.1 Å². The van der Waals surface area contributed by atoms with Gasteiger partial charge in [0.2, 0.25) is 5.91 Å². The quantitative estimate of drug-likeness (QED) is 0.833. The number of fused-ring (bicyclic) bond motifs is 1. The third-order valence-corrected chi connectivity index (χ3v) is 5.96. The first kappa shape index (κ1) is 17.1. The van der Waals surface area contributed by atoms with Crippen LogP contribution >= 0.6 is 0 Å². The number of aromatic nitrogens is 1. The van der Waals surface area contributed by atoms with Gasteiger partial charge in [0, 0.05) is 56.2 Å². The smallest absolute Gasteiger partial charge is 0.256 e. The van der Waals surface area contributed by atoms with Crippen LogP contribution in [0, 0.1) is 5.92 Å². The van der Waals surface area contributed by atoms with E-state index in [1.54, 1.807) is 0 Å². The zero-order chi connectivity index (χ0) is 18.1. The maximum absolute atomic E-state index is 13.0. The molecule has 1 saturated carbocycles. The standard InChI is InChI=1S/C21H27N3O2/c1-22-15-18(17-9-5-6-10-19(17)22)21(26)24-13-11-23(12-14-24)20(25)16-7-3-2-4-8-16/h5-6,9-10,15-16H,2-4,7-8,11-14H2,1H3. The SMILES string of the molecule is Cn1cc(C(=O)N2CCN(C(=O)C3CCCCC3)CC2)c2ccccc21. The number of hydrogen-bond donors (Lipinski definition) is 0. The third-order valence-electron chi connectivity index (χ3n) is 5.96. The number of para-hydroxylation sites is 1. The molecular formula is C21H27N3O2. The van der Waals surface area contributed by atoms with Gasteiger partial charge >= 0.3 is 0 Å². The summed E-state index contributed by atoms with van der Waals surface area (Å²) in [4.78, 5) is 29.6. The van der Waals surface area contributed by atoms with Crippen LogP contribution in [0.3, 0.4) is 0 Å². The molecule has 1 aliphatic heterocycles. The Labute approximate surface area is 154 Å². The van der Waals surface area contributed by atoms with E-state index in [4.69, 9.17) is 0 Å². The molecular weight excluding hydrogens is 326 g/mol. The molecule has 2 fully saturated rings. The molecule has 0 bridgehead atoms. The van der Waals surface area contributed by atoms with E-state index in [0.717, 1.165) is 29.3 Å². The van der Waals surface area contributed by atoms with Gasteiger partial charge in [-0.05, 0) is 18.9 Å². The number of carbonyl (C=O) groups is 2. The van der Waals surface area contributed by atoms with Crippen molar-refractivity contribution in [1.29, 1.82) is 0 Å². The molecule has 0 N–H and O–H groups in total. The molecule has 5 nitrogen and oxygen atoms in total. The summed E-state index contributed by atoms with van der Waals surface area (Å²) in [6, 6.07) is 8.00. The summed E-state index contributed by atoms with van der Waals surface area (Å²) in [6.07, 6.45) is 7.61. The first-order valence-corrected chi connectivity index (χ1v) is 9.77. The molecule has 1 aromatic heterocycles. The highest BCUT2D eigenvalue weighted by molar-refractivity contribution is 6.07. The maximum Gasteiger partial charge on any atom is 0.256 e. The maximum atomic E-state index is 13.0. The Morgan fingerprint density at radius 3 is 2.31 bits per heavy atom. The molecule has 2 aliphatic rings. The lowest BCUT2D eigenvalue weighted by molar-refractivity contribution is -0.138. The Morgan fingerprint density at radius 1 is 0.923 bits per heavy atom. The van der Waals surface area contributed by atoms with Crippen LogP contribution in [0.4, 0.5) is 0 Å². The van der Waals surface area contributed by atoms with Crippen molar-refractivity contribution in [3.63, 3.8) is 0 Å². The van der Waals surface area contributed by atoms with Crippen molar-refractivity contribution in [1.82, 2.24) is 14.4 Å². The van der Waals surface area contributed by atoms with Crippen molar-refractivity contribution >= 4 is 22.7 Å². The number of carbonyl (C=O) groups excluding carboxylic acids is 2. The average Bonchev–Trinajstić information content (AvgIpc) is 3.05. The van der Waals surface area contributed by atoms with Crippen LogP contribution in [0.2, 0.25) is 0 Å². The van der Waals surface area contributed by atoms with Gasteiger partial charge in [0.1, 0.15) is 0 Å². The van der Waals surface area contributed by atoms with E-state index in [1.807, 2.05) is 51.9 Å². The second-order valence-corrected chi connectivity index (χ2v) is 7.62. The monoisotopic (exact) mass is 353 g/mol. The highest BCUT2D eigenvalue weighted by Crippen LogP contribution is 2.26. The second-order valence-electron chi connectivity index (χ2n) is 7.62. The van der Waals surface area contributed by atoms with Crippen LogP contribution in [-0.2, 0) is 11.8 Å². The largest absolute Gasteiger partial charge is 0.350 e. The summed E-state index contributed by atoms with van der Waals surface area (Å²) in [7, 11) is 1.97. The Bertz CT molecular complexity index is 812. The summed E-state index contributed by atoms with van der Waals surface area (Å²) in [5.41, 5.74) is 1.83. The molecule has 1 aromatic carbocycles. The topological polar surface area (TPSA) is 45.6 Å². The second kappa shape index (κ2) is 7.14. The Kier molecular flexibility index (Phi) is 4.70. The normalized spacial score (nSPS) is 19.1. The summed E-state index contributed by atoms with van der Waals surface area (Å²) < 4.78 is 2.01. The lowest BCUT2D eigenvalue weighted by Crippen LogP contribution is -2.52. The van der Waals surface area contributed by atoms with Gasteiger partial charge in [-0.3, -0.25) is 9.59 Å². The Hall–Kier alpha value is -2.30. The van der Waals surface area contributed by atoms with Gasteiger partial charge in [-0.2, -0.15) is 0 Å². The number of piperazine rings is 1. The van der Waals surface area contributed by atoms with E-state index >= 15 is 0 Å². The summed E-state index contributed by atoms with van der Waals surface area (Å²) in [5.74, 6) is 0.595. The molecule has 26 heavy (non-hydrogen) atoms. The molecule has 1 saturated heterocycles. The number of amides is 2. The average molecular weight is 353 g/mol. The molecule has 2 aromatic rings. The predicted molar refractivity (Wildman–Crippen MR) is 102 cm³/mol. The molecule has 4 rings (SSSR count). The predicted octanol–water partition coefficient (Wildman–Crippen LogP) is 3.04. The number of nitrogens with zero attached hydrogens (tertiary/aromatic N) is 3. The van der Waals surface area contributed by atoms with Crippen LogP contribution < -0.4 is 0 Å². The zero-order valence-electron chi connectivity index (χ0n) is 15.5. The molecule has 0 atom stereocenters. The molecule has 2 heterocycles. The number of hydrogen-bond acceptors (Lipinski definition) is 2. The fraction of sp³-hybridized carbons (Fsp3) is 0.524. The lowest BCUT2D eigenvalue weighted by atomic mass is 9.88. The van der Waals surface area contributed by atoms with E-state index < -0.39 is 0 Å². The summed E-state index contributed by atoms with van der Waals surface area (Å²) >= 11 is 0. The van der Waals surface area contributed by atoms with Crippen molar-refractivity contribution in [2.24, 2.45) is 13.0 Å². The van der Waals surface area contributed by atoms with Gasteiger partial charge in [-0.1, -0.05) is 37.5 Å². The molecule has 0 spiro atoms. The third kappa shape index (κ3) is 3.11. The fourth-order valence-corrected chi connectivity index (χ4v) is 4.42. The Balaban J connectivity index is 1.42. The van der Waals surface area contributed by atoms with Crippen LogP contribution in [-0.4, -0.2) is 52.4 Å². The van der Waals surface area contributed by atoms with Crippen molar-refractivity contribution in [3.05, 3.63) is 36.0 Å². The first-order chi connectivity index (χ1) is 12.6. The minimum Gasteiger partial charge on any atom is -0.350 e. The van der Waals surface area contributed by atoms with Gasteiger partial charge in [0.05, 0.1) is 5.56 Å². The van der Waals surface area contributed by atoms with Gasteiger partial charge in [0.15, 0.2) is 0 Å². The molecule has 1 aliphatic carbocycles. The van der Waals surface area contributed by atoms with Crippen LogP contribution in [0.15, 0.2) is 30.5 Å². The van der Waals surface area contributed by atoms with Crippen molar-refractivity contribution in [3.8, 4) is 0 Å². The number of rotatable bonds is 2. The van der Waals surface area contributed by atoms with Gasteiger partial charge in [-0.25, -0.2) is 0 Å². The van der Waals surface area contributed by atoms with Crippen LogP contribution in [0.1, 0.15) is 42.5 Å². The number of aryl methyl sites for hydroxylation is 1. The van der Waals surface area contributed by atoms with Gasteiger partial charge in [0.25, 0.3) is 5.91 Å². The lowest BCUT2D eigenvalue weighted by Gasteiger charge is -2.37. The van der Waals surface area contributed by atoms with Crippen LogP contribution in [0.5, 0.6) is 0 Å². The van der Waals surface area contributed by atoms with Crippen molar-refractivity contribution in [2.75, 3.05) is 26.2 Å². The number of benzene rings is 1. The first-order valence-electron chi connectivity index (χ1n) is 9.77. The van der Waals surface area contributed by atoms with E-state index in [-0.39, 0.29) is 11.8 Å². The van der Waals surface area contributed by atoms with Crippen LogP contribution in [0.25, 0.3) is 10.9 Å². The van der Waals surface area contributed by atoms with E-state index in [1.165, 1.54) is 19.3 Å². The molecule has 2 amide bonds. The molecule has 5 heteroatoms. The van der Waals surface area contributed by atoms with Crippen molar-refractivity contribution in [2.45, 2.75) is 32.1 Å². The molecule has 138 valence electrons. The van der Waals surface area contributed by atoms with Crippen molar-refractivity contribution < 1.29 is 9.59 Å². The van der Waals surface area contributed by atoms with E-state index in [2.05, 4.69) is 0 Å². The fourth-order valence-electron chi connectivity index (χ4n) is 4.42. The summed E-state index contributed by atoms with van der Waals surface area (Å²) in [5, 5.41) is 1.00.